The van der Waals surface area contributed by atoms with Crippen molar-refractivity contribution < 1.29 is 14.5 Å². The van der Waals surface area contributed by atoms with Crippen LogP contribution in [-0.2, 0) is 4.79 Å². The maximum Gasteiger partial charge on any atom is 0.269 e. The highest BCUT2D eigenvalue weighted by Crippen LogP contribution is 2.19. The van der Waals surface area contributed by atoms with Gasteiger partial charge in [-0.05, 0) is 12.1 Å². The fourth-order valence-electron chi connectivity index (χ4n) is 2.50. The number of non-ortho nitro benzene ring substituents is 1. The molecule has 0 unspecified atom stereocenters. The third-order valence-corrected chi connectivity index (χ3v) is 3.82. The summed E-state index contributed by atoms with van der Waals surface area (Å²) in [5.74, 6) is -0.0808. The minimum atomic E-state index is -0.495. The van der Waals surface area contributed by atoms with Crippen LogP contribution in [0, 0.1) is 15.5 Å². The zero-order valence-corrected chi connectivity index (χ0v) is 13.6. The molecule has 2 amide bonds. The Morgan fingerprint density at radius 3 is 1.91 bits per heavy atom. The normalized spacial score (nSPS) is 15.4. The molecule has 0 N–H and O–H groups in total. The zero-order valence-electron chi connectivity index (χ0n) is 13.6. The van der Waals surface area contributed by atoms with Gasteiger partial charge < -0.3 is 9.80 Å². The maximum atomic E-state index is 12.4. The molecule has 7 heteroatoms. The Morgan fingerprint density at radius 1 is 1.00 bits per heavy atom. The Hall–Kier alpha value is -2.44. The first kappa shape index (κ1) is 16.9. The van der Waals surface area contributed by atoms with Gasteiger partial charge in [0.25, 0.3) is 11.6 Å². The number of benzene rings is 1. The number of piperazine rings is 1. The predicted molar refractivity (Wildman–Crippen MR) is 85.0 cm³/mol. The van der Waals surface area contributed by atoms with Crippen LogP contribution >= 0.6 is 0 Å². The molecule has 0 spiro atoms. The highest BCUT2D eigenvalue weighted by atomic mass is 16.6. The molecule has 1 fully saturated rings. The number of hydrogen-bond donors (Lipinski definition) is 0. The monoisotopic (exact) mass is 319 g/mol. The quantitative estimate of drug-likeness (QED) is 0.616. The summed E-state index contributed by atoms with van der Waals surface area (Å²) in [4.78, 5) is 38.2. The summed E-state index contributed by atoms with van der Waals surface area (Å²) in [5.41, 5.74) is -0.0433. The Morgan fingerprint density at radius 2 is 1.48 bits per heavy atom. The van der Waals surface area contributed by atoms with Crippen molar-refractivity contribution >= 4 is 17.5 Å². The third kappa shape index (κ3) is 3.85. The van der Waals surface area contributed by atoms with Crippen LogP contribution in [0.25, 0.3) is 0 Å². The molecule has 124 valence electrons. The molecule has 0 radical (unpaired) electrons. The van der Waals surface area contributed by atoms with Gasteiger partial charge in [-0.15, -0.1) is 0 Å². The number of nitrogens with zero attached hydrogens (tertiary/aromatic N) is 3. The highest BCUT2D eigenvalue weighted by Gasteiger charge is 2.31. The lowest BCUT2D eigenvalue weighted by Gasteiger charge is -2.37. The number of rotatable bonds is 2. The first-order chi connectivity index (χ1) is 10.7. The lowest BCUT2D eigenvalue weighted by atomic mass is 9.94. The van der Waals surface area contributed by atoms with E-state index in [0.29, 0.717) is 31.7 Å². The van der Waals surface area contributed by atoms with Crippen LogP contribution in [0.5, 0.6) is 0 Å². The van der Waals surface area contributed by atoms with Gasteiger partial charge in [-0.25, -0.2) is 0 Å². The van der Waals surface area contributed by atoms with Crippen LogP contribution in [0.4, 0.5) is 5.69 Å². The first-order valence-electron chi connectivity index (χ1n) is 7.53. The molecule has 0 saturated carbocycles. The van der Waals surface area contributed by atoms with Crippen LogP contribution < -0.4 is 0 Å². The van der Waals surface area contributed by atoms with E-state index in [1.54, 1.807) is 9.80 Å². The second-order valence-electron chi connectivity index (χ2n) is 6.64. The summed E-state index contributed by atoms with van der Waals surface area (Å²) in [6.45, 7) is 7.59. The lowest BCUT2D eigenvalue weighted by Crippen LogP contribution is -2.53. The van der Waals surface area contributed by atoms with Crippen LogP contribution in [0.1, 0.15) is 31.1 Å². The smallest absolute Gasteiger partial charge is 0.269 e. The summed E-state index contributed by atoms with van der Waals surface area (Å²) in [5, 5.41) is 10.6. The Labute approximate surface area is 135 Å². The van der Waals surface area contributed by atoms with Gasteiger partial charge >= 0.3 is 0 Å². The standard InChI is InChI=1S/C16H21N3O4/c1-16(2,3)15(21)18-10-8-17(9-11-18)14(20)12-4-6-13(7-5-12)19(22)23/h4-7H,8-11H2,1-3H3. The Kier molecular flexibility index (Phi) is 4.68. The van der Waals surface area contributed by atoms with Crippen molar-refractivity contribution in [3.63, 3.8) is 0 Å². The molecule has 0 aromatic heterocycles. The number of carbonyl (C=O) groups is 2. The first-order valence-corrected chi connectivity index (χ1v) is 7.53. The molecule has 2 rings (SSSR count). The van der Waals surface area contributed by atoms with Crippen molar-refractivity contribution in [2.45, 2.75) is 20.8 Å². The minimum absolute atomic E-state index is 0.0397. The second kappa shape index (κ2) is 6.36. The van der Waals surface area contributed by atoms with Gasteiger partial charge in [0, 0.05) is 49.3 Å². The van der Waals surface area contributed by atoms with Gasteiger partial charge in [-0.1, -0.05) is 20.8 Å². The molecule has 1 aromatic carbocycles. The van der Waals surface area contributed by atoms with Crippen LogP contribution in [0.2, 0.25) is 0 Å². The van der Waals surface area contributed by atoms with Crippen molar-refractivity contribution in [2.24, 2.45) is 5.41 Å². The van der Waals surface area contributed by atoms with Crippen molar-refractivity contribution in [3.8, 4) is 0 Å². The predicted octanol–water partition coefficient (Wildman–Crippen LogP) is 1.93. The van der Waals surface area contributed by atoms with Crippen LogP contribution in [0.15, 0.2) is 24.3 Å². The molecule has 0 bridgehead atoms. The number of carbonyl (C=O) groups excluding carboxylic acids is 2. The van der Waals surface area contributed by atoms with E-state index in [2.05, 4.69) is 0 Å². The number of nitro groups is 1. The number of nitro benzene ring substituents is 1. The van der Waals surface area contributed by atoms with Crippen LogP contribution in [0.3, 0.4) is 0 Å². The van der Waals surface area contributed by atoms with Crippen molar-refractivity contribution in [1.82, 2.24) is 9.80 Å². The maximum absolute atomic E-state index is 12.4. The van der Waals surface area contributed by atoms with Gasteiger partial charge in [0.1, 0.15) is 0 Å². The van der Waals surface area contributed by atoms with E-state index in [-0.39, 0.29) is 17.5 Å². The van der Waals surface area contributed by atoms with Gasteiger partial charge in [0.05, 0.1) is 4.92 Å². The number of amides is 2. The topological polar surface area (TPSA) is 83.8 Å². The summed E-state index contributed by atoms with van der Waals surface area (Å²) in [7, 11) is 0. The molecule has 1 aliphatic rings. The summed E-state index contributed by atoms with van der Waals surface area (Å²) < 4.78 is 0. The second-order valence-corrected chi connectivity index (χ2v) is 6.64. The SMILES string of the molecule is CC(C)(C)C(=O)N1CCN(C(=O)c2ccc([N+](=O)[O-])cc2)CC1. The largest absolute Gasteiger partial charge is 0.339 e. The average Bonchev–Trinajstić information content (AvgIpc) is 2.53. The third-order valence-electron chi connectivity index (χ3n) is 3.82. The molecule has 1 aromatic rings. The van der Waals surface area contributed by atoms with E-state index in [1.807, 2.05) is 20.8 Å². The van der Waals surface area contributed by atoms with Gasteiger partial charge in [-0.2, -0.15) is 0 Å². The Bertz CT molecular complexity index is 611. The molecule has 0 aliphatic carbocycles. The van der Waals surface area contributed by atoms with Crippen molar-refractivity contribution in [3.05, 3.63) is 39.9 Å². The van der Waals surface area contributed by atoms with E-state index < -0.39 is 10.3 Å². The van der Waals surface area contributed by atoms with Crippen molar-refractivity contribution in [2.75, 3.05) is 26.2 Å². The molecule has 23 heavy (non-hydrogen) atoms. The van der Waals surface area contributed by atoms with E-state index in [4.69, 9.17) is 0 Å². The molecular formula is C16H21N3O4. The fourth-order valence-corrected chi connectivity index (χ4v) is 2.50. The summed E-state index contributed by atoms with van der Waals surface area (Å²) >= 11 is 0. The summed E-state index contributed by atoms with van der Waals surface area (Å²) in [6, 6.07) is 5.58. The van der Waals surface area contributed by atoms with Crippen LogP contribution in [-0.4, -0.2) is 52.7 Å². The van der Waals surface area contributed by atoms with Crippen molar-refractivity contribution in [1.29, 1.82) is 0 Å². The average molecular weight is 319 g/mol. The summed E-state index contributed by atoms with van der Waals surface area (Å²) in [6.07, 6.45) is 0. The van der Waals surface area contributed by atoms with E-state index >= 15 is 0 Å². The molecular weight excluding hydrogens is 298 g/mol. The highest BCUT2D eigenvalue weighted by molar-refractivity contribution is 5.94. The lowest BCUT2D eigenvalue weighted by molar-refractivity contribution is -0.384. The molecule has 0 atom stereocenters. The van der Waals surface area contributed by atoms with E-state index in [1.165, 1.54) is 24.3 Å². The molecule has 7 nitrogen and oxygen atoms in total. The van der Waals surface area contributed by atoms with E-state index in [9.17, 15) is 19.7 Å². The zero-order chi connectivity index (χ0) is 17.2. The van der Waals surface area contributed by atoms with Gasteiger partial charge in [-0.3, -0.25) is 19.7 Å². The number of hydrogen-bond acceptors (Lipinski definition) is 4. The van der Waals surface area contributed by atoms with Gasteiger partial charge in [0.15, 0.2) is 0 Å². The molecule has 1 heterocycles. The fraction of sp³-hybridized carbons (Fsp3) is 0.500. The molecule has 1 aliphatic heterocycles. The van der Waals surface area contributed by atoms with Gasteiger partial charge in [0.2, 0.25) is 5.91 Å². The Balaban J connectivity index is 1.98. The van der Waals surface area contributed by atoms with E-state index in [0.717, 1.165) is 0 Å². The molecule has 1 saturated heterocycles. The minimum Gasteiger partial charge on any atom is -0.339 e.